The smallest absolute Gasteiger partial charge is 0.331 e. The molecule has 0 radical (unpaired) electrons. The van der Waals surface area contributed by atoms with E-state index in [2.05, 4.69) is 10.5 Å². The Labute approximate surface area is 144 Å². The number of hydrogen-bond acceptors (Lipinski definition) is 6. The summed E-state index contributed by atoms with van der Waals surface area (Å²) in [5.74, 6) is -0.215. The van der Waals surface area contributed by atoms with Crippen LogP contribution in [0.2, 0.25) is 0 Å². The van der Waals surface area contributed by atoms with Gasteiger partial charge < -0.3 is 14.6 Å². The Bertz CT molecular complexity index is 737. The third-order valence-corrected chi connectivity index (χ3v) is 3.81. The highest BCUT2D eigenvalue weighted by Gasteiger charge is 2.17. The topological polar surface area (TPSA) is 81.4 Å². The maximum absolute atomic E-state index is 11.9. The molecule has 2 rings (SSSR count). The number of aromatic nitrogens is 1. The predicted octanol–water partition coefficient (Wildman–Crippen LogP) is 3.29. The fourth-order valence-corrected chi connectivity index (χ4v) is 2.21. The van der Waals surface area contributed by atoms with Crippen molar-refractivity contribution in [1.82, 2.24) is 5.16 Å². The van der Waals surface area contributed by atoms with Crippen molar-refractivity contribution < 1.29 is 18.8 Å². The molecule has 0 aliphatic carbocycles. The number of carbonyl (C=O) groups excluding carboxylic acids is 2. The summed E-state index contributed by atoms with van der Waals surface area (Å²) in [7, 11) is 0. The Kier molecular flexibility index (Phi) is 6.20. The van der Waals surface area contributed by atoms with Crippen LogP contribution in [0, 0.1) is 6.92 Å². The van der Waals surface area contributed by atoms with E-state index in [1.54, 1.807) is 30.8 Å². The number of esters is 1. The van der Waals surface area contributed by atoms with Gasteiger partial charge in [0.05, 0.1) is 0 Å². The summed E-state index contributed by atoms with van der Waals surface area (Å²) in [6.07, 6.45) is 3.98. The number of thioether (sulfide) groups is 1. The van der Waals surface area contributed by atoms with Crippen molar-refractivity contribution in [3.63, 3.8) is 0 Å². The highest BCUT2D eigenvalue weighted by atomic mass is 32.2. The molecule has 0 bridgehead atoms. The monoisotopic (exact) mass is 346 g/mol. The van der Waals surface area contributed by atoms with E-state index in [1.165, 1.54) is 13.0 Å². The lowest BCUT2D eigenvalue weighted by Crippen LogP contribution is -2.29. The Hall–Kier alpha value is -2.54. The molecule has 1 heterocycles. The van der Waals surface area contributed by atoms with Gasteiger partial charge in [-0.1, -0.05) is 17.3 Å². The lowest BCUT2D eigenvalue weighted by atomic mass is 10.2. The fourth-order valence-electron chi connectivity index (χ4n) is 1.80. The average molecular weight is 346 g/mol. The van der Waals surface area contributed by atoms with Crippen molar-refractivity contribution in [1.29, 1.82) is 0 Å². The van der Waals surface area contributed by atoms with Gasteiger partial charge in [0, 0.05) is 17.0 Å². The van der Waals surface area contributed by atoms with Gasteiger partial charge in [-0.15, -0.1) is 11.8 Å². The molecule has 1 N–H and O–H groups in total. The molecule has 0 aliphatic heterocycles. The maximum Gasteiger partial charge on any atom is 0.331 e. The molecule has 126 valence electrons. The molecule has 0 saturated carbocycles. The Morgan fingerprint density at radius 1 is 1.33 bits per heavy atom. The molecule has 0 aliphatic rings. The summed E-state index contributed by atoms with van der Waals surface area (Å²) in [6, 6.07) is 9.30. The first-order chi connectivity index (χ1) is 11.5. The van der Waals surface area contributed by atoms with Crippen LogP contribution in [0.4, 0.5) is 5.82 Å². The third kappa shape index (κ3) is 5.27. The van der Waals surface area contributed by atoms with Gasteiger partial charge in [-0.3, -0.25) is 4.79 Å². The molecule has 1 aromatic carbocycles. The second kappa shape index (κ2) is 8.35. The van der Waals surface area contributed by atoms with E-state index in [9.17, 15) is 9.59 Å². The number of ether oxygens (including phenoxy) is 1. The number of nitrogens with zero attached hydrogens (tertiary/aromatic N) is 1. The molecule has 1 aromatic heterocycles. The Balaban J connectivity index is 1.85. The molecule has 24 heavy (non-hydrogen) atoms. The minimum atomic E-state index is -0.946. The SMILES string of the molecule is CSc1ccc(/C=C/C(=O)O[C@H](C)C(=O)Nc2cc(C)on2)cc1. The molecule has 6 nitrogen and oxygen atoms in total. The van der Waals surface area contributed by atoms with Gasteiger partial charge in [0.25, 0.3) is 5.91 Å². The van der Waals surface area contributed by atoms with Crippen molar-refractivity contribution >= 4 is 35.5 Å². The molecule has 1 amide bonds. The van der Waals surface area contributed by atoms with E-state index in [0.717, 1.165) is 10.5 Å². The van der Waals surface area contributed by atoms with Crippen LogP contribution >= 0.6 is 11.8 Å². The van der Waals surface area contributed by atoms with Gasteiger partial charge in [0.1, 0.15) is 5.76 Å². The number of carbonyl (C=O) groups is 2. The summed E-state index contributed by atoms with van der Waals surface area (Å²) in [6.45, 7) is 3.20. The van der Waals surface area contributed by atoms with E-state index < -0.39 is 18.0 Å². The van der Waals surface area contributed by atoms with Crippen molar-refractivity contribution in [2.45, 2.75) is 24.8 Å². The Morgan fingerprint density at radius 2 is 2.04 bits per heavy atom. The average Bonchev–Trinajstić information content (AvgIpc) is 2.98. The number of amides is 1. The second-order valence-corrected chi connectivity index (χ2v) is 5.88. The quantitative estimate of drug-likeness (QED) is 0.491. The zero-order chi connectivity index (χ0) is 17.5. The minimum Gasteiger partial charge on any atom is -0.449 e. The number of nitrogens with one attached hydrogen (secondary N) is 1. The molecule has 0 fully saturated rings. The predicted molar refractivity (Wildman–Crippen MR) is 92.7 cm³/mol. The van der Waals surface area contributed by atoms with Crippen LogP contribution in [0.25, 0.3) is 6.08 Å². The fraction of sp³-hybridized carbons (Fsp3) is 0.235. The number of benzene rings is 1. The molecule has 7 heteroatoms. The first-order valence-corrected chi connectivity index (χ1v) is 8.47. The van der Waals surface area contributed by atoms with Crippen LogP contribution < -0.4 is 5.32 Å². The summed E-state index contributed by atoms with van der Waals surface area (Å²) < 4.78 is 9.90. The molecule has 0 saturated heterocycles. The van der Waals surface area contributed by atoms with Gasteiger partial charge in [0.15, 0.2) is 11.9 Å². The standard InChI is InChI=1S/C17H18N2O4S/c1-11-10-15(19-23-11)18-17(21)12(2)22-16(20)9-6-13-4-7-14(24-3)8-5-13/h4-10,12H,1-3H3,(H,18,19,21)/b9-6+/t12-/m1/s1. The summed E-state index contributed by atoms with van der Waals surface area (Å²) >= 11 is 1.64. The summed E-state index contributed by atoms with van der Waals surface area (Å²) in [4.78, 5) is 24.8. The first-order valence-electron chi connectivity index (χ1n) is 7.25. The number of anilines is 1. The van der Waals surface area contributed by atoms with Crippen molar-refractivity contribution in [3.05, 3.63) is 47.7 Å². The van der Waals surface area contributed by atoms with Gasteiger partial charge in [-0.2, -0.15) is 0 Å². The zero-order valence-corrected chi connectivity index (χ0v) is 14.4. The molecule has 2 aromatic rings. The van der Waals surface area contributed by atoms with E-state index in [4.69, 9.17) is 9.26 Å². The minimum absolute atomic E-state index is 0.282. The number of rotatable bonds is 6. The van der Waals surface area contributed by atoms with Crippen LogP contribution in [0.5, 0.6) is 0 Å². The molecular weight excluding hydrogens is 328 g/mol. The van der Waals surface area contributed by atoms with E-state index in [-0.39, 0.29) is 5.82 Å². The molecule has 1 atom stereocenters. The van der Waals surface area contributed by atoms with E-state index >= 15 is 0 Å². The third-order valence-electron chi connectivity index (χ3n) is 3.07. The van der Waals surface area contributed by atoms with Crippen molar-refractivity contribution in [2.75, 3.05) is 11.6 Å². The number of aryl methyl sites for hydroxylation is 1. The first kappa shape index (κ1) is 17.8. The van der Waals surface area contributed by atoms with Gasteiger partial charge in [-0.25, -0.2) is 4.79 Å². The maximum atomic E-state index is 11.9. The molecule has 0 spiro atoms. The lowest BCUT2D eigenvalue weighted by Gasteiger charge is -2.10. The normalized spacial score (nSPS) is 12.1. The largest absolute Gasteiger partial charge is 0.449 e. The van der Waals surface area contributed by atoms with Gasteiger partial charge >= 0.3 is 5.97 Å². The molecular formula is C17H18N2O4S. The van der Waals surface area contributed by atoms with Crippen LogP contribution in [-0.4, -0.2) is 29.4 Å². The van der Waals surface area contributed by atoms with Crippen molar-refractivity contribution in [2.24, 2.45) is 0 Å². The van der Waals surface area contributed by atoms with Crippen LogP contribution in [0.3, 0.4) is 0 Å². The van der Waals surface area contributed by atoms with Gasteiger partial charge in [0.2, 0.25) is 0 Å². The summed E-state index contributed by atoms with van der Waals surface area (Å²) in [5.41, 5.74) is 0.875. The second-order valence-electron chi connectivity index (χ2n) is 5.00. The summed E-state index contributed by atoms with van der Waals surface area (Å²) in [5, 5.41) is 6.15. The van der Waals surface area contributed by atoms with E-state index in [1.807, 2.05) is 30.5 Å². The van der Waals surface area contributed by atoms with Crippen LogP contribution in [0.1, 0.15) is 18.2 Å². The van der Waals surface area contributed by atoms with Crippen molar-refractivity contribution in [3.8, 4) is 0 Å². The lowest BCUT2D eigenvalue weighted by molar-refractivity contribution is -0.148. The number of hydrogen-bond donors (Lipinski definition) is 1. The highest BCUT2D eigenvalue weighted by Crippen LogP contribution is 2.15. The molecule has 0 unspecified atom stereocenters. The van der Waals surface area contributed by atoms with Gasteiger partial charge in [-0.05, 0) is 43.9 Å². The zero-order valence-electron chi connectivity index (χ0n) is 13.6. The van der Waals surface area contributed by atoms with Crippen LogP contribution in [0.15, 0.2) is 45.8 Å². The van der Waals surface area contributed by atoms with E-state index in [0.29, 0.717) is 5.76 Å². The Morgan fingerprint density at radius 3 is 2.62 bits per heavy atom. The van der Waals surface area contributed by atoms with Crippen LogP contribution in [-0.2, 0) is 14.3 Å². The highest BCUT2D eigenvalue weighted by molar-refractivity contribution is 7.98.